The van der Waals surface area contributed by atoms with Crippen molar-refractivity contribution in [2.75, 3.05) is 0 Å². The van der Waals surface area contributed by atoms with Gasteiger partial charge < -0.3 is 0 Å². The Labute approximate surface area is 103 Å². The van der Waals surface area contributed by atoms with E-state index in [2.05, 4.69) is 32.6 Å². The van der Waals surface area contributed by atoms with E-state index < -0.39 is 8.07 Å². The Morgan fingerprint density at radius 2 is 1.78 bits per heavy atom. The van der Waals surface area contributed by atoms with Gasteiger partial charge in [0.25, 0.3) is 0 Å². The molecule has 0 spiro atoms. The average molecular weight is 166 g/mol. The van der Waals surface area contributed by atoms with Crippen LogP contribution in [0.2, 0.25) is 25.7 Å². The molecule has 0 fully saturated rings. The molecular weight excluding hydrogens is 151 g/mol. The molecule has 0 aliphatic carbocycles. The van der Waals surface area contributed by atoms with Gasteiger partial charge in [0.05, 0.1) is 0 Å². The van der Waals surface area contributed by atoms with Crippen LogP contribution in [0.1, 0.15) is 0 Å². The van der Waals surface area contributed by atoms with Crippen molar-refractivity contribution in [2.24, 2.45) is 0 Å². The normalized spacial score (nSPS) is 10.1. The Morgan fingerprint density at radius 1 is 1.33 bits per heavy atom. The number of allylic oxidation sites excluding steroid dienone is 1. The Balaban J connectivity index is 0. The van der Waals surface area contributed by atoms with Gasteiger partial charge in [0, 0.05) is 8.07 Å². The van der Waals surface area contributed by atoms with Gasteiger partial charge in [-0.2, -0.15) is 0 Å². The largest absolute Gasteiger partial charge is 1.00 e. The van der Waals surface area contributed by atoms with Crippen molar-refractivity contribution in [1.29, 1.82) is 0 Å². The van der Waals surface area contributed by atoms with Gasteiger partial charge >= 0.3 is 51.4 Å². The number of rotatable bonds is 3. The summed E-state index contributed by atoms with van der Waals surface area (Å²) >= 11 is 0. The molecule has 9 heavy (non-hydrogen) atoms. The topological polar surface area (TPSA) is 0 Å². The second-order valence-electron chi connectivity index (χ2n) is 3.24. The zero-order valence-electron chi connectivity index (χ0n) is 7.07. The first-order chi connectivity index (χ1) is 3.56. The monoisotopic (exact) mass is 166 g/mol. The van der Waals surface area contributed by atoms with Crippen LogP contribution in [0.15, 0.2) is 12.7 Å². The quantitative estimate of drug-likeness (QED) is 0.506. The van der Waals surface area contributed by atoms with Crippen LogP contribution in [0, 0.1) is 6.42 Å². The van der Waals surface area contributed by atoms with E-state index in [0.717, 1.165) is 0 Å². The molecule has 0 aliphatic heterocycles. The van der Waals surface area contributed by atoms with Crippen molar-refractivity contribution in [3.63, 3.8) is 0 Å². The molecule has 0 aromatic carbocycles. The van der Waals surface area contributed by atoms with Crippen LogP contribution >= 0.6 is 0 Å². The second-order valence-corrected chi connectivity index (χ2v) is 8.77. The van der Waals surface area contributed by atoms with Gasteiger partial charge in [-0.25, -0.2) is 0 Å². The predicted molar refractivity (Wildman–Crippen MR) is 42.7 cm³/mol. The van der Waals surface area contributed by atoms with Gasteiger partial charge in [-0.1, -0.05) is 31.8 Å². The molecule has 0 saturated carbocycles. The molecule has 0 heterocycles. The molecule has 0 nitrogen and oxygen atoms in total. The van der Waals surface area contributed by atoms with Crippen molar-refractivity contribution in [2.45, 2.75) is 25.7 Å². The van der Waals surface area contributed by atoms with Crippen LogP contribution in [0.5, 0.6) is 0 Å². The third-order valence-corrected chi connectivity index (χ3v) is 2.36. The van der Waals surface area contributed by atoms with Crippen molar-refractivity contribution in [1.82, 2.24) is 0 Å². The Hall–Kier alpha value is 1.59. The molecule has 47 valence electrons. The van der Waals surface area contributed by atoms with Gasteiger partial charge in [-0.3, -0.25) is 0 Å². The summed E-state index contributed by atoms with van der Waals surface area (Å²) in [5, 5.41) is 0. The van der Waals surface area contributed by atoms with Crippen molar-refractivity contribution in [3.8, 4) is 0 Å². The van der Waals surface area contributed by atoms with Crippen LogP contribution in [0.4, 0.5) is 0 Å². The Morgan fingerprint density at radius 3 is 1.89 bits per heavy atom. The fraction of sp³-hybridized carbons (Fsp3) is 0.571. The smallest absolute Gasteiger partial charge is 0.103 e. The molecule has 0 unspecified atom stereocenters. The summed E-state index contributed by atoms with van der Waals surface area (Å²) in [6.45, 7) is 10.7. The van der Waals surface area contributed by atoms with E-state index in [1.807, 2.05) is 6.08 Å². The van der Waals surface area contributed by atoms with E-state index in [0.29, 0.717) is 0 Å². The van der Waals surface area contributed by atoms with Gasteiger partial charge in [0.1, 0.15) is 0 Å². The third kappa shape index (κ3) is 12.7. The second kappa shape index (κ2) is 6.31. The zero-order chi connectivity index (χ0) is 6.62. The SMILES string of the molecule is C=C[CH]C[Si](C)(C)C.[K+]. The van der Waals surface area contributed by atoms with Crippen molar-refractivity contribution >= 4 is 8.07 Å². The molecule has 0 amide bonds. The average Bonchev–Trinajstić information content (AvgIpc) is 1.59. The minimum absolute atomic E-state index is 0. The van der Waals surface area contributed by atoms with Crippen molar-refractivity contribution in [3.05, 3.63) is 19.1 Å². The first-order valence-corrected chi connectivity index (χ1v) is 6.71. The third-order valence-electron chi connectivity index (χ3n) is 0.897. The minimum Gasteiger partial charge on any atom is -0.103 e. The molecule has 0 N–H and O–H groups in total. The maximum absolute atomic E-state index is 3.63. The zero-order valence-corrected chi connectivity index (χ0v) is 11.2. The number of hydrogen-bond acceptors (Lipinski definition) is 0. The summed E-state index contributed by atoms with van der Waals surface area (Å²) < 4.78 is 0. The van der Waals surface area contributed by atoms with Crippen LogP contribution in [-0.2, 0) is 0 Å². The van der Waals surface area contributed by atoms with E-state index in [1.165, 1.54) is 6.04 Å². The van der Waals surface area contributed by atoms with E-state index in [1.54, 1.807) is 0 Å². The van der Waals surface area contributed by atoms with Crippen LogP contribution in [0.25, 0.3) is 0 Å². The van der Waals surface area contributed by atoms with Crippen LogP contribution in [-0.4, -0.2) is 8.07 Å². The molecule has 0 rings (SSSR count). The standard InChI is InChI=1S/C7H15Si.K/c1-5-6-7-8(2,3)4;/h5-6H,1,7H2,2-4H3;/q;+1. The molecule has 0 aliphatic rings. The molecule has 0 saturated heterocycles. The Bertz CT molecular complexity index is 73.5. The van der Waals surface area contributed by atoms with Crippen LogP contribution < -0.4 is 51.4 Å². The molecule has 2 heteroatoms. The van der Waals surface area contributed by atoms with E-state index in [4.69, 9.17) is 0 Å². The molecule has 0 atom stereocenters. The fourth-order valence-corrected chi connectivity index (χ4v) is 1.31. The maximum Gasteiger partial charge on any atom is 1.00 e. The first kappa shape index (κ1) is 13.2. The summed E-state index contributed by atoms with van der Waals surface area (Å²) in [7, 11) is -0.805. The summed E-state index contributed by atoms with van der Waals surface area (Å²) in [6.07, 6.45) is 4.05. The van der Waals surface area contributed by atoms with Gasteiger partial charge in [0.15, 0.2) is 0 Å². The molecule has 0 bridgehead atoms. The van der Waals surface area contributed by atoms with E-state index in [9.17, 15) is 0 Å². The van der Waals surface area contributed by atoms with E-state index >= 15 is 0 Å². The molecule has 1 radical (unpaired) electrons. The summed E-state index contributed by atoms with van der Waals surface area (Å²) in [4.78, 5) is 0. The van der Waals surface area contributed by atoms with Gasteiger partial charge in [-0.05, 0) is 6.42 Å². The van der Waals surface area contributed by atoms with Crippen LogP contribution in [0.3, 0.4) is 0 Å². The molecular formula is C7H15KSi+. The van der Waals surface area contributed by atoms with E-state index in [-0.39, 0.29) is 51.4 Å². The predicted octanol–water partition coefficient (Wildman–Crippen LogP) is -0.281. The fourth-order valence-electron chi connectivity index (χ4n) is 0.437. The number of hydrogen-bond donors (Lipinski definition) is 0. The van der Waals surface area contributed by atoms with Crippen molar-refractivity contribution < 1.29 is 51.4 Å². The maximum atomic E-state index is 3.63. The summed E-state index contributed by atoms with van der Waals surface area (Å²) in [6, 6.07) is 1.26. The Kier molecular flexibility index (Phi) is 9.26. The summed E-state index contributed by atoms with van der Waals surface area (Å²) in [5.41, 5.74) is 0. The minimum atomic E-state index is -0.805. The first-order valence-electron chi connectivity index (χ1n) is 3.00. The van der Waals surface area contributed by atoms with Gasteiger partial charge in [-0.15, -0.1) is 6.58 Å². The molecule has 0 aromatic rings. The summed E-state index contributed by atoms with van der Waals surface area (Å²) in [5.74, 6) is 0. The molecule has 0 aromatic heterocycles. The van der Waals surface area contributed by atoms with Gasteiger partial charge in [0.2, 0.25) is 0 Å².